The molecule has 0 rings (SSSR count). The second-order valence-electron chi connectivity index (χ2n) is 19.8. The van der Waals surface area contributed by atoms with Crippen LogP contribution in [0.4, 0.5) is 0 Å². The lowest BCUT2D eigenvalue weighted by molar-refractivity contribution is -0.161. The number of unbranched alkanes of at least 4 members (excludes halogenated alkanes) is 34. The predicted octanol–water partition coefficient (Wildman–Crippen LogP) is 17.0. The van der Waals surface area contributed by atoms with E-state index in [4.69, 9.17) is 23.3 Å². The number of rotatable bonds is 55. The van der Waals surface area contributed by atoms with Crippen LogP contribution >= 0.6 is 7.82 Å². The van der Waals surface area contributed by atoms with Gasteiger partial charge in [0, 0.05) is 19.3 Å². The number of carbonyl (C=O) groups is 3. The normalized spacial score (nSPS) is 13.5. The third-order valence-electron chi connectivity index (χ3n) is 12.8. The molecule has 0 aliphatic heterocycles. The first-order valence-electron chi connectivity index (χ1n) is 29.2. The van der Waals surface area contributed by atoms with Crippen LogP contribution in [0.3, 0.4) is 0 Å². The Labute approximate surface area is 429 Å². The lowest BCUT2D eigenvalue weighted by atomic mass is 10.0. The van der Waals surface area contributed by atoms with Crippen LogP contribution in [-0.4, -0.2) is 66.5 Å². The van der Waals surface area contributed by atoms with E-state index in [1.54, 1.807) is 0 Å². The van der Waals surface area contributed by atoms with Gasteiger partial charge in [-0.25, -0.2) is 4.57 Å². The van der Waals surface area contributed by atoms with Crippen molar-refractivity contribution in [2.45, 2.75) is 303 Å². The second kappa shape index (κ2) is 53.3. The van der Waals surface area contributed by atoms with E-state index >= 15 is 0 Å². The molecule has 0 amide bonds. The highest BCUT2D eigenvalue weighted by atomic mass is 31.2. The molecule has 3 unspecified atom stereocenters. The number of phosphoric acid groups is 1. The van der Waals surface area contributed by atoms with Gasteiger partial charge in [0.1, 0.15) is 12.7 Å². The minimum absolute atomic E-state index is 0.170. The average Bonchev–Trinajstić information content (AvgIpc) is 3.35. The summed E-state index contributed by atoms with van der Waals surface area (Å²) in [5.74, 6) is -1.45. The molecule has 0 aromatic heterocycles. The average molecular weight is 1010 g/mol. The molecule has 70 heavy (non-hydrogen) atoms. The first kappa shape index (κ1) is 68.0. The smallest absolute Gasteiger partial charge is 0.462 e. The number of ether oxygens (including phenoxy) is 3. The summed E-state index contributed by atoms with van der Waals surface area (Å²) in [7, 11) is -4.74. The molecule has 12 heteroatoms. The van der Waals surface area contributed by atoms with Crippen LogP contribution in [0.1, 0.15) is 290 Å². The lowest BCUT2D eigenvalue weighted by Crippen LogP contribution is -2.30. The van der Waals surface area contributed by atoms with E-state index in [2.05, 4.69) is 45.1 Å². The van der Waals surface area contributed by atoms with Crippen molar-refractivity contribution in [2.24, 2.45) is 0 Å². The third-order valence-corrected chi connectivity index (χ3v) is 13.8. The summed E-state index contributed by atoms with van der Waals surface area (Å²) >= 11 is 0. The zero-order valence-corrected chi connectivity index (χ0v) is 46.4. The molecule has 3 atom stereocenters. The minimum Gasteiger partial charge on any atom is -0.462 e. The molecule has 0 heterocycles. The fourth-order valence-corrected chi connectivity index (χ4v) is 9.12. The van der Waals surface area contributed by atoms with Gasteiger partial charge in [-0.3, -0.25) is 23.4 Å². The molecule has 0 aliphatic rings. The van der Waals surface area contributed by atoms with Crippen molar-refractivity contribution in [3.63, 3.8) is 0 Å². The maximum Gasteiger partial charge on any atom is 0.472 e. The van der Waals surface area contributed by atoms with Gasteiger partial charge in [-0.05, 0) is 64.2 Å². The minimum atomic E-state index is -4.74. The number of hydrogen-bond acceptors (Lipinski definition) is 10. The van der Waals surface area contributed by atoms with Crippen LogP contribution in [0.15, 0.2) is 24.3 Å². The van der Waals surface area contributed by atoms with Gasteiger partial charge >= 0.3 is 25.7 Å². The summed E-state index contributed by atoms with van der Waals surface area (Å²) < 4.78 is 39.5. The van der Waals surface area contributed by atoms with Gasteiger partial charge in [-0.2, -0.15) is 0 Å². The Balaban J connectivity index is 4.65. The van der Waals surface area contributed by atoms with Crippen LogP contribution in [-0.2, 0) is 42.2 Å². The van der Waals surface area contributed by atoms with Gasteiger partial charge in [0.25, 0.3) is 0 Å². The number of aliphatic hydroxyl groups is 1. The molecule has 0 fully saturated rings. The highest BCUT2D eigenvalue weighted by Crippen LogP contribution is 2.43. The largest absolute Gasteiger partial charge is 0.472 e. The zero-order valence-electron chi connectivity index (χ0n) is 45.5. The maximum absolute atomic E-state index is 12.9. The summed E-state index contributed by atoms with van der Waals surface area (Å²) in [6, 6.07) is 0. The topological polar surface area (TPSA) is 155 Å². The van der Waals surface area contributed by atoms with Crippen molar-refractivity contribution in [1.29, 1.82) is 0 Å². The highest BCUT2D eigenvalue weighted by molar-refractivity contribution is 7.47. The van der Waals surface area contributed by atoms with E-state index in [0.29, 0.717) is 19.3 Å². The van der Waals surface area contributed by atoms with Gasteiger partial charge in [0.05, 0.1) is 19.8 Å². The van der Waals surface area contributed by atoms with Crippen molar-refractivity contribution in [2.75, 3.05) is 26.4 Å². The summed E-state index contributed by atoms with van der Waals surface area (Å²) in [6.07, 6.45) is 52.8. The predicted molar refractivity (Wildman–Crippen MR) is 289 cm³/mol. The van der Waals surface area contributed by atoms with Gasteiger partial charge in [0.2, 0.25) is 0 Å². The monoisotopic (exact) mass is 1010 g/mol. The molecule has 0 aromatic carbocycles. The molecule has 0 spiro atoms. The Kier molecular flexibility index (Phi) is 51.7. The number of aliphatic hydroxyl groups excluding tert-OH is 1. The summed E-state index contributed by atoms with van der Waals surface area (Å²) in [5.41, 5.74) is 0. The third kappa shape index (κ3) is 50.9. The fraction of sp³-hybridized carbons (Fsp3) is 0.879. The quantitative estimate of drug-likeness (QED) is 0.0197. The van der Waals surface area contributed by atoms with Crippen molar-refractivity contribution in [3.05, 3.63) is 24.3 Å². The molecule has 2 N–H and O–H groups in total. The Bertz CT molecular complexity index is 1270. The molecule has 0 radical (unpaired) electrons. The van der Waals surface area contributed by atoms with Crippen LogP contribution in [0.2, 0.25) is 0 Å². The van der Waals surface area contributed by atoms with E-state index in [9.17, 15) is 28.9 Å². The molecule has 0 aliphatic carbocycles. The van der Waals surface area contributed by atoms with Crippen LogP contribution in [0, 0.1) is 0 Å². The zero-order chi connectivity index (χ0) is 51.3. The first-order valence-corrected chi connectivity index (χ1v) is 30.7. The fourth-order valence-electron chi connectivity index (χ4n) is 8.33. The van der Waals surface area contributed by atoms with E-state index in [1.807, 2.05) is 0 Å². The van der Waals surface area contributed by atoms with E-state index < -0.39 is 57.8 Å². The van der Waals surface area contributed by atoms with Gasteiger partial charge in [0.15, 0.2) is 6.10 Å². The Morgan fingerprint density at radius 3 is 1.03 bits per heavy atom. The Hall–Kier alpha value is -2.04. The standard InChI is InChI=1S/C58H109O11P/c1-4-7-10-13-16-19-22-24-25-26-27-28-29-31-33-35-38-41-44-47-56(60)65-51-55(69-58(62)49-46-43-40-37-34-30-23-20-17-14-11-8-5-2)53-67-70(63,64)66-52-54(50-59)68-57(61)48-45-42-39-36-32-21-18-15-12-9-6-3/h15,18,24-25,54-55,59H,4-14,16-17,19-23,26-53H2,1-3H3,(H,63,64)/b18-15-,25-24-. The van der Waals surface area contributed by atoms with Gasteiger partial charge in [-0.1, -0.05) is 231 Å². The lowest BCUT2D eigenvalue weighted by Gasteiger charge is -2.21. The van der Waals surface area contributed by atoms with Crippen LogP contribution < -0.4 is 0 Å². The first-order chi connectivity index (χ1) is 34.2. The van der Waals surface area contributed by atoms with Crippen molar-refractivity contribution >= 4 is 25.7 Å². The molecular weight excluding hydrogens is 904 g/mol. The second-order valence-corrected chi connectivity index (χ2v) is 21.3. The van der Waals surface area contributed by atoms with Gasteiger partial charge in [-0.15, -0.1) is 0 Å². The molecule has 0 saturated heterocycles. The molecule has 0 aromatic rings. The molecule has 412 valence electrons. The highest BCUT2D eigenvalue weighted by Gasteiger charge is 2.28. The van der Waals surface area contributed by atoms with Gasteiger partial charge < -0.3 is 24.2 Å². The van der Waals surface area contributed by atoms with Crippen molar-refractivity contribution in [3.8, 4) is 0 Å². The van der Waals surface area contributed by atoms with Crippen LogP contribution in [0.5, 0.6) is 0 Å². The number of phosphoric ester groups is 1. The Morgan fingerprint density at radius 1 is 0.386 bits per heavy atom. The van der Waals surface area contributed by atoms with E-state index in [-0.39, 0.29) is 25.9 Å². The molecule has 0 bridgehead atoms. The van der Waals surface area contributed by atoms with Crippen LogP contribution in [0.25, 0.3) is 0 Å². The molecular formula is C58H109O11P. The van der Waals surface area contributed by atoms with Crippen molar-refractivity contribution in [1.82, 2.24) is 0 Å². The number of carbonyl (C=O) groups excluding carboxylic acids is 3. The number of esters is 3. The Morgan fingerprint density at radius 2 is 0.671 bits per heavy atom. The maximum atomic E-state index is 12.9. The summed E-state index contributed by atoms with van der Waals surface area (Å²) in [4.78, 5) is 48.5. The number of allylic oxidation sites excluding steroid dienone is 4. The SMILES string of the molecule is CCCC/C=C\CCCCCCCC(=O)OC(CO)COP(=O)(O)OCC(COC(=O)CCCCCCCCCCC/C=C\CCCCCCCC)OC(=O)CCCCCCCCCCCCCCC. The molecule has 11 nitrogen and oxygen atoms in total. The van der Waals surface area contributed by atoms with E-state index in [1.165, 1.54) is 154 Å². The van der Waals surface area contributed by atoms with E-state index in [0.717, 1.165) is 77.0 Å². The number of hydrogen-bond donors (Lipinski definition) is 2. The van der Waals surface area contributed by atoms with Crippen molar-refractivity contribution < 1.29 is 52.2 Å². The summed E-state index contributed by atoms with van der Waals surface area (Å²) in [5, 5.41) is 9.78. The summed E-state index contributed by atoms with van der Waals surface area (Å²) in [6.45, 7) is 4.63. The molecule has 0 saturated carbocycles.